The number of hydrazone groups is 1. The Bertz CT molecular complexity index is 668. The van der Waals surface area contributed by atoms with Crippen LogP contribution in [0.25, 0.3) is 0 Å². The highest BCUT2D eigenvalue weighted by atomic mass is 19.1. The van der Waals surface area contributed by atoms with Gasteiger partial charge in [0, 0.05) is 5.56 Å². The van der Waals surface area contributed by atoms with Crippen LogP contribution < -0.4 is 5.43 Å². The molecule has 2 N–H and O–H groups in total. The summed E-state index contributed by atoms with van der Waals surface area (Å²) in [6, 6.07) is 12.3. The van der Waals surface area contributed by atoms with Gasteiger partial charge in [0.15, 0.2) is 0 Å². The van der Waals surface area contributed by atoms with E-state index in [1.807, 2.05) is 0 Å². The number of nitrogens with one attached hydrogen (secondary N) is 1. The van der Waals surface area contributed by atoms with Crippen LogP contribution in [0.15, 0.2) is 53.6 Å². The highest BCUT2D eigenvalue weighted by Gasteiger charge is 2.10. The summed E-state index contributed by atoms with van der Waals surface area (Å²) in [6.45, 7) is 1.59. The molecule has 0 aliphatic carbocycles. The van der Waals surface area contributed by atoms with Gasteiger partial charge in [-0.05, 0) is 25.1 Å². The molecule has 20 heavy (non-hydrogen) atoms. The lowest BCUT2D eigenvalue weighted by Gasteiger charge is -2.05. The molecular weight excluding hydrogens is 259 g/mol. The standard InChI is InChI=1S/C15H13FN2O2/c1-10(11-6-2-4-8-13(11)16)17-18-15(20)12-7-3-5-9-14(12)19/h2-9,19H,1H3,(H,18,20). The molecule has 1 amide bonds. The number of halogens is 1. The molecule has 0 radical (unpaired) electrons. The minimum Gasteiger partial charge on any atom is -0.507 e. The predicted molar refractivity (Wildman–Crippen MR) is 74.2 cm³/mol. The Labute approximate surface area is 115 Å². The Kier molecular flexibility index (Phi) is 4.10. The number of aromatic hydroxyl groups is 1. The number of nitrogens with zero attached hydrogens (tertiary/aromatic N) is 1. The number of para-hydroxylation sites is 1. The van der Waals surface area contributed by atoms with Gasteiger partial charge in [-0.1, -0.05) is 30.3 Å². The van der Waals surface area contributed by atoms with Gasteiger partial charge in [-0.15, -0.1) is 0 Å². The predicted octanol–water partition coefficient (Wildman–Crippen LogP) is 2.69. The summed E-state index contributed by atoms with van der Waals surface area (Å²) in [7, 11) is 0. The normalized spacial score (nSPS) is 11.2. The first-order chi connectivity index (χ1) is 9.59. The average molecular weight is 272 g/mol. The van der Waals surface area contributed by atoms with Crippen LogP contribution in [0.1, 0.15) is 22.8 Å². The second-order valence-corrected chi connectivity index (χ2v) is 4.14. The minimum absolute atomic E-state index is 0.109. The summed E-state index contributed by atoms with van der Waals surface area (Å²) in [5, 5.41) is 13.4. The van der Waals surface area contributed by atoms with Crippen LogP contribution in [-0.2, 0) is 0 Å². The quantitative estimate of drug-likeness (QED) is 0.666. The van der Waals surface area contributed by atoms with Gasteiger partial charge >= 0.3 is 0 Å². The monoisotopic (exact) mass is 272 g/mol. The third-order valence-corrected chi connectivity index (χ3v) is 2.74. The van der Waals surface area contributed by atoms with Crippen LogP contribution in [0.4, 0.5) is 4.39 Å². The maximum Gasteiger partial charge on any atom is 0.275 e. The Morgan fingerprint density at radius 3 is 2.35 bits per heavy atom. The molecule has 102 valence electrons. The highest BCUT2D eigenvalue weighted by Crippen LogP contribution is 2.15. The maximum absolute atomic E-state index is 13.5. The largest absolute Gasteiger partial charge is 0.507 e. The molecule has 0 heterocycles. The van der Waals surface area contributed by atoms with Gasteiger partial charge < -0.3 is 5.11 Å². The van der Waals surface area contributed by atoms with E-state index >= 15 is 0 Å². The zero-order chi connectivity index (χ0) is 14.5. The summed E-state index contributed by atoms with van der Waals surface area (Å²) in [6.07, 6.45) is 0. The first-order valence-electron chi connectivity index (χ1n) is 5.97. The molecule has 0 aliphatic rings. The zero-order valence-electron chi connectivity index (χ0n) is 10.8. The highest BCUT2D eigenvalue weighted by molar-refractivity contribution is 6.01. The lowest BCUT2D eigenvalue weighted by molar-refractivity contribution is 0.0952. The molecule has 0 unspecified atom stereocenters. The Hall–Kier alpha value is -2.69. The van der Waals surface area contributed by atoms with Crippen LogP contribution in [0.2, 0.25) is 0 Å². The lowest BCUT2D eigenvalue weighted by atomic mass is 10.1. The summed E-state index contributed by atoms with van der Waals surface area (Å²) in [4.78, 5) is 11.8. The Morgan fingerprint density at radius 1 is 1.10 bits per heavy atom. The third-order valence-electron chi connectivity index (χ3n) is 2.74. The number of phenolic OH excluding ortho intramolecular Hbond substituents is 1. The van der Waals surface area contributed by atoms with E-state index in [-0.39, 0.29) is 11.3 Å². The number of amides is 1. The second kappa shape index (κ2) is 5.97. The smallest absolute Gasteiger partial charge is 0.275 e. The van der Waals surface area contributed by atoms with Gasteiger partial charge in [0.2, 0.25) is 0 Å². The van der Waals surface area contributed by atoms with Gasteiger partial charge in [0.05, 0.1) is 11.3 Å². The fourth-order valence-electron chi connectivity index (χ4n) is 1.68. The molecule has 0 spiro atoms. The Balaban J connectivity index is 2.16. The molecule has 2 aromatic carbocycles. The molecule has 0 fully saturated rings. The van der Waals surface area contributed by atoms with Crippen molar-refractivity contribution in [3.05, 3.63) is 65.5 Å². The first-order valence-corrected chi connectivity index (χ1v) is 5.97. The van der Waals surface area contributed by atoms with E-state index in [0.29, 0.717) is 11.3 Å². The van der Waals surface area contributed by atoms with Crippen molar-refractivity contribution in [2.75, 3.05) is 0 Å². The number of benzene rings is 2. The molecule has 0 aromatic heterocycles. The van der Waals surface area contributed by atoms with Gasteiger partial charge in [0.1, 0.15) is 11.6 Å². The van der Waals surface area contributed by atoms with Crippen molar-refractivity contribution in [3.63, 3.8) is 0 Å². The van der Waals surface area contributed by atoms with Crippen molar-refractivity contribution < 1.29 is 14.3 Å². The molecule has 0 atom stereocenters. The number of hydrogen-bond donors (Lipinski definition) is 2. The lowest BCUT2D eigenvalue weighted by Crippen LogP contribution is -2.19. The van der Waals surface area contributed by atoms with E-state index in [2.05, 4.69) is 10.5 Å². The van der Waals surface area contributed by atoms with Crippen LogP contribution >= 0.6 is 0 Å². The number of phenols is 1. The maximum atomic E-state index is 13.5. The molecule has 0 saturated heterocycles. The average Bonchev–Trinajstić information content (AvgIpc) is 2.45. The number of rotatable bonds is 3. The van der Waals surface area contributed by atoms with Gasteiger partial charge in [-0.25, -0.2) is 9.82 Å². The number of hydrogen-bond acceptors (Lipinski definition) is 3. The van der Waals surface area contributed by atoms with Gasteiger partial charge in [-0.2, -0.15) is 5.10 Å². The summed E-state index contributed by atoms with van der Waals surface area (Å²) in [5.41, 5.74) is 3.05. The summed E-state index contributed by atoms with van der Waals surface area (Å²) in [5.74, 6) is -1.10. The molecule has 2 rings (SSSR count). The van der Waals surface area contributed by atoms with Crippen molar-refractivity contribution in [1.29, 1.82) is 0 Å². The molecule has 0 aliphatic heterocycles. The van der Waals surface area contributed by atoms with Crippen LogP contribution in [0.3, 0.4) is 0 Å². The van der Waals surface area contributed by atoms with E-state index in [1.165, 1.54) is 18.2 Å². The van der Waals surface area contributed by atoms with Crippen molar-refractivity contribution in [1.82, 2.24) is 5.43 Å². The van der Waals surface area contributed by atoms with Crippen LogP contribution in [0, 0.1) is 5.82 Å². The zero-order valence-corrected chi connectivity index (χ0v) is 10.8. The Morgan fingerprint density at radius 2 is 1.70 bits per heavy atom. The SMILES string of the molecule is CC(=NNC(=O)c1ccccc1O)c1ccccc1F. The van der Waals surface area contributed by atoms with Crippen molar-refractivity contribution in [2.45, 2.75) is 6.92 Å². The van der Waals surface area contributed by atoms with E-state index in [1.54, 1.807) is 37.3 Å². The van der Waals surface area contributed by atoms with E-state index in [9.17, 15) is 14.3 Å². The fraction of sp³-hybridized carbons (Fsp3) is 0.0667. The summed E-state index contributed by atoms with van der Waals surface area (Å²) >= 11 is 0. The van der Waals surface area contributed by atoms with Gasteiger partial charge in [-0.3, -0.25) is 4.79 Å². The molecule has 0 saturated carbocycles. The van der Waals surface area contributed by atoms with Crippen molar-refractivity contribution in [2.24, 2.45) is 5.10 Å². The number of carbonyl (C=O) groups is 1. The molecule has 4 nitrogen and oxygen atoms in total. The minimum atomic E-state index is -0.557. The topological polar surface area (TPSA) is 61.7 Å². The fourth-order valence-corrected chi connectivity index (χ4v) is 1.68. The second-order valence-electron chi connectivity index (χ2n) is 4.14. The van der Waals surface area contributed by atoms with Crippen LogP contribution in [-0.4, -0.2) is 16.7 Å². The van der Waals surface area contributed by atoms with E-state index in [4.69, 9.17) is 0 Å². The number of carbonyl (C=O) groups excluding carboxylic acids is 1. The molecule has 0 bridgehead atoms. The molecular formula is C15H13FN2O2. The molecule has 5 heteroatoms. The van der Waals surface area contributed by atoms with E-state index in [0.717, 1.165) is 0 Å². The van der Waals surface area contributed by atoms with Crippen molar-refractivity contribution >= 4 is 11.6 Å². The van der Waals surface area contributed by atoms with Crippen molar-refractivity contribution in [3.8, 4) is 5.75 Å². The summed E-state index contributed by atoms with van der Waals surface area (Å²) < 4.78 is 13.5. The van der Waals surface area contributed by atoms with E-state index < -0.39 is 11.7 Å². The molecule has 2 aromatic rings. The van der Waals surface area contributed by atoms with Gasteiger partial charge in [0.25, 0.3) is 5.91 Å². The first kappa shape index (κ1) is 13.7. The third kappa shape index (κ3) is 3.00. The van der Waals surface area contributed by atoms with Crippen LogP contribution in [0.5, 0.6) is 5.75 Å².